The topological polar surface area (TPSA) is 43.9 Å². The molecule has 0 unspecified atom stereocenters. The predicted octanol–water partition coefficient (Wildman–Crippen LogP) is 13.2. The molecule has 268 valence electrons. The van der Waals surface area contributed by atoms with Crippen LogP contribution in [0.3, 0.4) is 0 Å². The number of benzene rings is 8. The Morgan fingerprint density at radius 2 is 0.895 bits per heavy atom. The maximum atomic E-state index is 6.38. The van der Waals surface area contributed by atoms with E-state index in [1.165, 1.54) is 27.5 Å². The fourth-order valence-electron chi connectivity index (χ4n) is 8.84. The molecule has 0 bridgehead atoms. The van der Waals surface area contributed by atoms with Crippen LogP contribution in [0.25, 0.3) is 72.2 Å². The van der Waals surface area contributed by atoms with Crippen molar-refractivity contribution in [2.24, 2.45) is 0 Å². The third-order valence-corrected chi connectivity index (χ3v) is 11.4. The molecule has 8 aromatic carbocycles. The maximum Gasteiger partial charge on any atom is 0.162 e. The van der Waals surface area contributed by atoms with Gasteiger partial charge in [-0.15, -0.1) is 0 Å². The smallest absolute Gasteiger partial charge is 0.162 e. The summed E-state index contributed by atoms with van der Waals surface area (Å²) < 4.78 is 8.65. The van der Waals surface area contributed by atoms with Gasteiger partial charge in [-0.1, -0.05) is 170 Å². The molecule has 0 aliphatic heterocycles. The molecule has 0 aliphatic carbocycles. The second-order valence-corrected chi connectivity index (χ2v) is 14.5. The Kier molecular flexibility index (Phi) is 7.68. The molecule has 11 aromatic rings. The van der Waals surface area contributed by atoms with Crippen molar-refractivity contribution in [3.8, 4) is 28.5 Å². The zero-order chi connectivity index (χ0) is 37.8. The van der Waals surface area contributed by atoms with Crippen LogP contribution in [0, 0.1) is 0 Å². The molecule has 0 saturated heterocycles. The average Bonchev–Trinajstić information content (AvgIpc) is 3.83. The number of para-hydroxylation sites is 3. The van der Waals surface area contributed by atoms with Crippen LogP contribution in [0.15, 0.2) is 217 Å². The Balaban J connectivity index is 1.18. The van der Waals surface area contributed by atoms with Crippen LogP contribution < -0.4 is 0 Å². The molecule has 3 aromatic heterocycles. The molecule has 0 saturated carbocycles. The molecule has 0 aliphatic rings. The van der Waals surface area contributed by atoms with Crippen molar-refractivity contribution in [3.05, 3.63) is 235 Å². The van der Waals surface area contributed by atoms with E-state index in [0.717, 1.165) is 61.2 Å². The van der Waals surface area contributed by atoms with E-state index in [4.69, 9.17) is 14.4 Å². The summed E-state index contributed by atoms with van der Waals surface area (Å²) in [4.78, 5) is 10.8. The van der Waals surface area contributed by atoms with E-state index in [1.807, 2.05) is 12.1 Å². The van der Waals surface area contributed by atoms with Gasteiger partial charge < -0.3 is 4.42 Å². The van der Waals surface area contributed by atoms with Gasteiger partial charge in [0.1, 0.15) is 17.0 Å². The van der Waals surface area contributed by atoms with Gasteiger partial charge in [0.25, 0.3) is 0 Å². The summed E-state index contributed by atoms with van der Waals surface area (Å²) in [5, 5.41) is 4.54. The molecule has 4 nitrogen and oxygen atoms in total. The van der Waals surface area contributed by atoms with Gasteiger partial charge in [-0.3, -0.25) is 4.57 Å². The summed E-state index contributed by atoms with van der Waals surface area (Å²) >= 11 is 0. The zero-order valence-corrected chi connectivity index (χ0v) is 31.0. The van der Waals surface area contributed by atoms with E-state index < -0.39 is 5.41 Å². The lowest BCUT2D eigenvalue weighted by Crippen LogP contribution is -2.31. The second kappa shape index (κ2) is 13.3. The van der Waals surface area contributed by atoms with Crippen molar-refractivity contribution in [2.45, 2.75) is 5.41 Å². The SMILES string of the molecule is c1ccc(C(c2ccccc2)(c2ccccc2)c2cccc(-c3nc(-c4ccc5c(c4)oc4ccccc45)cc(-n4c5ccccc5c5ccccc54)n3)c2)cc1. The first-order valence-corrected chi connectivity index (χ1v) is 19.3. The average molecular weight is 730 g/mol. The largest absolute Gasteiger partial charge is 0.456 e. The molecular weight excluding hydrogens is 695 g/mol. The van der Waals surface area contributed by atoms with Crippen molar-refractivity contribution < 1.29 is 4.42 Å². The van der Waals surface area contributed by atoms with E-state index in [0.29, 0.717) is 5.82 Å². The van der Waals surface area contributed by atoms with Gasteiger partial charge >= 0.3 is 0 Å². The fourth-order valence-corrected chi connectivity index (χ4v) is 8.84. The molecular formula is C53H35N3O. The Morgan fingerprint density at radius 1 is 0.368 bits per heavy atom. The summed E-state index contributed by atoms with van der Waals surface area (Å²) in [6, 6.07) is 75.0. The highest BCUT2D eigenvalue weighted by molar-refractivity contribution is 6.09. The minimum Gasteiger partial charge on any atom is -0.456 e. The van der Waals surface area contributed by atoms with Crippen LogP contribution in [0.4, 0.5) is 0 Å². The number of furan rings is 1. The fraction of sp³-hybridized carbons (Fsp3) is 0.0189. The molecule has 11 rings (SSSR count). The summed E-state index contributed by atoms with van der Waals surface area (Å²) in [6.07, 6.45) is 0. The minimum absolute atomic E-state index is 0.612. The third-order valence-electron chi connectivity index (χ3n) is 11.4. The van der Waals surface area contributed by atoms with Gasteiger partial charge in [0.05, 0.1) is 22.1 Å². The van der Waals surface area contributed by atoms with Crippen LogP contribution in [0.2, 0.25) is 0 Å². The van der Waals surface area contributed by atoms with Gasteiger partial charge in [-0.2, -0.15) is 0 Å². The van der Waals surface area contributed by atoms with E-state index in [1.54, 1.807) is 0 Å². The van der Waals surface area contributed by atoms with Crippen molar-refractivity contribution >= 4 is 43.7 Å². The number of aromatic nitrogens is 3. The lowest BCUT2D eigenvalue weighted by molar-refractivity contribution is 0.669. The summed E-state index contributed by atoms with van der Waals surface area (Å²) in [6.45, 7) is 0. The summed E-state index contributed by atoms with van der Waals surface area (Å²) in [5.41, 5.74) is 10.6. The molecule has 0 N–H and O–H groups in total. The Bertz CT molecular complexity index is 3090. The van der Waals surface area contributed by atoms with E-state index in [9.17, 15) is 0 Å². The molecule has 0 spiro atoms. The Morgan fingerprint density at radius 3 is 1.53 bits per heavy atom. The van der Waals surface area contributed by atoms with Gasteiger partial charge in [-0.25, -0.2) is 9.97 Å². The Labute approximate surface area is 330 Å². The lowest BCUT2D eigenvalue weighted by Gasteiger charge is -2.37. The third kappa shape index (κ3) is 5.30. The summed E-state index contributed by atoms with van der Waals surface area (Å²) in [5.74, 6) is 1.43. The van der Waals surface area contributed by atoms with Crippen LogP contribution in [0.5, 0.6) is 0 Å². The van der Waals surface area contributed by atoms with Gasteiger partial charge in [0.15, 0.2) is 5.82 Å². The van der Waals surface area contributed by atoms with Crippen LogP contribution in [-0.4, -0.2) is 14.5 Å². The predicted molar refractivity (Wildman–Crippen MR) is 233 cm³/mol. The zero-order valence-electron chi connectivity index (χ0n) is 31.0. The Hall–Kier alpha value is -7.56. The minimum atomic E-state index is -0.612. The highest BCUT2D eigenvalue weighted by atomic mass is 16.3. The lowest BCUT2D eigenvalue weighted by atomic mass is 9.65. The first kappa shape index (κ1) is 32.8. The standard InChI is InChI=1S/C53H35N3O/c1-4-18-38(19-5-1)53(39-20-6-2-7-21-39,40-22-8-3-9-23-40)41-24-16-17-37(33-41)52-54-46(36-31-32-45-44-27-12-15-30-49(44)57-50(45)34-36)35-51(55-52)56-47-28-13-10-25-42(47)43-26-11-14-29-48(43)56/h1-35H. The van der Waals surface area contributed by atoms with Crippen molar-refractivity contribution in [1.82, 2.24) is 14.5 Å². The molecule has 4 heteroatoms. The van der Waals surface area contributed by atoms with Crippen LogP contribution in [-0.2, 0) is 5.41 Å². The maximum absolute atomic E-state index is 6.38. The normalized spacial score (nSPS) is 11.9. The van der Waals surface area contributed by atoms with Crippen LogP contribution >= 0.6 is 0 Å². The van der Waals surface area contributed by atoms with Gasteiger partial charge in [0, 0.05) is 38.7 Å². The number of nitrogens with zero attached hydrogens (tertiary/aromatic N) is 3. The molecule has 57 heavy (non-hydrogen) atoms. The van der Waals surface area contributed by atoms with Crippen molar-refractivity contribution in [2.75, 3.05) is 0 Å². The second-order valence-electron chi connectivity index (χ2n) is 14.5. The van der Waals surface area contributed by atoms with Gasteiger partial charge in [-0.05, 0) is 58.7 Å². The van der Waals surface area contributed by atoms with E-state index in [2.05, 4.69) is 205 Å². The monoisotopic (exact) mass is 729 g/mol. The molecule has 0 atom stereocenters. The van der Waals surface area contributed by atoms with E-state index >= 15 is 0 Å². The van der Waals surface area contributed by atoms with Gasteiger partial charge in [0.2, 0.25) is 0 Å². The first-order valence-electron chi connectivity index (χ1n) is 19.3. The quantitative estimate of drug-likeness (QED) is 0.153. The highest BCUT2D eigenvalue weighted by Crippen LogP contribution is 2.46. The molecule has 0 fully saturated rings. The van der Waals surface area contributed by atoms with Crippen LogP contribution in [0.1, 0.15) is 22.3 Å². The molecule has 3 heterocycles. The molecule has 0 amide bonds. The number of rotatable bonds is 7. The first-order chi connectivity index (χ1) is 28.3. The number of hydrogen-bond donors (Lipinski definition) is 0. The molecule has 0 radical (unpaired) electrons. The number of fused-ring (bicyclic) bond motifs is 6. The van der Waals surface area contributed by atoms with E-state index in [-0.39, 0.29) is 0 Å². The van der Waals surface area contributed by atoms with Crippen molar-refractivity contribution in [1.29, 1.82) is 0 Å². The van der Waals surface area contributed by atoms with Crippen molar-refractivity contribution in [3.63, 3.8) is 0 Å². The highest BCUT2D eigenvalue weighted by Gasteiger charge is 2.38. The number of hydrogen-bond acceptors (Lipinski definition) is 3. The summed E-state index contributed by atoms with van der Waals surface area (Å²) in [7, 11) is 0.